The SMILES string of the molecule is CCN(CC)S(=O)(=O)c1ccc(C)c(NC(=O)CNc2cccc(C(C)=O)c2)c1. The lowest BCUT2D eigenvalue weighted by Gasteiger charge is -2.19. The molecule has 0 radical (unpaired) electrons. The second kappa shape index (κ2) is 9.67. The van der Waals surface area contributed by atoms with Gasteiger partial charge in [0.2, 0.25) is 15.9 Å². The summed E-state index contributed by atoms with van der Waals surface area (Å²) in [5.74, 6) is -0.376. The van der Waals surface area contributed by atoms with Gasteiger partial charge in [0.05, 0.1) is 11.4 Å². The van der Waals surface area contributed by atoms with Crippen LogP contribution in [-0.4, -0.2) is 44.0 Å². The van der Waals surface area contributed by atoms with Crippen molar-refractivity contribution in [3.8, 4) is 0 Å². The van der Waals surface area contributed by atoms with Gasteiger partial charge in [-0.3, -0.25) is 9.59 Å². The number of benzene rings is 2. The number of carbonyl (C=O) groups excluding carboxylic acids is 2. The molecule has 0 saturated carbocycles. The molecule has 29 heavy (non-hydrogen) atoms. The van der Waals surface area contributed by atoms with Crippen molar-refractivity contribution >= 4 is 33.1 Å². The highest BCUT2D eigenvalue weighted by atomic mass is 32.2. The number of nitrogens with zero attached hydrogens (tertiary/aromatic N) is 1. The molecule has 8 heteroatoms. The molecule has 0 fully saturated rings. The van der Waals surface area contributed by atoms with E-state index in [1.807, 2.05) is 0 Å². The Kier molecular flexibility index (Phi) is 7.53. The molecule has 0 aromatic heterocycles. The molecule has 0 spiro atoms. The summed E-state index contributed by atoms with van der Waals surface area (Å²) in [4.78, 5) is 24.0. The monoisotopic (exact) mass is 417 g/mol. The predicted molar refractivity (Wildman–Crippen MR) is 115 cm³/mol. The van der Waals surface area contributed by atoms with Crippen LogP contribution in [0.15, 0.2) is 47.4 Å². The van der Waals surface area contributed by atoms with E-state index in [1.165, 1.54) is 17.3 Å². The summed E-state index contributed by atoms with van der Waals surface area (Å²) in [5, 5.41) is 5.72. The number of carbonyl (C=O) groups is 2. The second-order valence-electron chi connectivity index (χ2n) is 6.60. The smallest absolute Gasteiger partial charge is 0.243 e. The Balaban J connectivity index is 2.12. The van der Waals surface area contributed by atoms with Crippen LogP contribution in [0.5, 0.6) is 0 Å². The topological polar surface area (TPSA) is 95.6 Å². The lowest BCUT2D eigenvalue weighted by atomic mass is 10.1. The van der Waals surface area contributed by atoms with Crippen LogP contribution in [0.2, 0.25) is 0 Å². The summed E-state index contributed by atoms with van der Waals surface area (Å²) in [6.45, 7) is 7.57. The first-order valence-electron chi connectivity index (χ1n) is 9.44. The van der Waals surface area contributed by atoms with Gasteiger partial charge in [-0.25, -0.2) is 8.42 Å². The molecule has 0 atom stereocenters. The van der Waals surface area contributed by atoms with Crippen LogP contribution in [0.4, 0.5) is 11.4 Å². The molecule has 1 amide bonds. The van der Waals surface area contributed by atoms with Crippen molar-refractivity contribution in [2.24, 2.45) is 0 Å². The summed E-state index contributed by atoms with van der Waals surface area (Å²) < 4.78 is 26.8. The molecule has 0 aliphatic carbocycles. The molecular weight excluding hydrogens is 390 g/mol. The molecule has 0 aliphatic heterocycles. The van der Waals surface area contributed by atoms with Gasteiger partial charge in [0.1, 0.15) is 0 Å². The number of Topliss-reactive ketones (excluding diaryl/α,β-unsaturated/α-hetero) is 1. The number of ketones is 1. The molecule has 2 aromatic carbocycles. The molecule has 2 N–H and O–H groups in total. The van der Waals surface area contributed by atoms with E-state index in [0.717, 1.165) is 5.56 Å². The van der Waals surface area contributed by atoms with Crippen molar-refractivity contribution in [2.45, 2.75) is 32.6 Å². The molecule has 7 nitrogen and oxygen atoms in total. The zero-order valence-electron chi connectivity index (χ0n) is 17.2. The highest BCUT2D eigenvalue weighted by Crippen LogP contribution is 2.23. The fourth-order valence-corrected chi connectivity index (χ4v) is 4.32. The number of anilines is 2. The average molecular weight is 418 g/mol. The third-order valence-corrected chi connectivity index (χ3v) is 6.59. The van der Waals surface area contributed by atoms with Gasteiger partial charge in [0.15, 0.2) is 5.78 Å². The summed E-state index contributed by atoms with van der Waals surface area (Å²) in [6, 6.07) is 11.6. The first-order chi connectivity index (χ1) is 13.7. The van der Waals surface area contributed by atoms with Gasteiger partial charge in [-0.05, 0) is 43.7 Å². The number of rotatable bonds is 9. The van der Waals surface area contributed by atoms with Gasteiger partial charge in [0, 0.05) is 30.0 Å². The molecular formula is C21H27N3O4S. The van der Waals surface area contributed by atoms with Gasteiger partial charge < -0.3 is 10.6 Å². The van der Waals surface area contributed by atoms with Gasteiger partial charge >= 0.3 is 0 Å². The van der Waals surface area contributed by atoms with E-state index in [2.05, 4.69) is 10.6 Å². The van der Waals surface area contributed by atoms with Crippen molar-refractivity contribution < 1.29 is 18.0 Å². The Labute approximate surface area is 172 Å². The summed E-state index contributed by atoms with van der Waals surface area (Å²) in [6.07, 6.45) is 0. The second-order valence-corrected chi connectivity index (χ2v) is 8.54. The van der Waals surface area contributed by atoms with Crippen LogP contribution < -0.4 is 10.6 Å². The fourth-order valence-electron chi connectivity index (χ4n) is 2.83. The van der Waals surface area contributed by atoms with Crippen molar-refractivity contribution in [3.05, 3.63) is 53.6 Å². The Morgan fingerprint density at radius 2 is 1.72 bits per heavy atom. The highest BCUT2D eigenvalue weighted by molar-refractivity contribution is 7.89. The molecule has 0 bridgehead atoms. The zero-order valence-corrected chi connectivity index (χ0v) is 18.0. The molecule has 156 valence electrons. The molecule has 0 unspecified atom stereocenters. The fraction of sp³-hybridized carbons (Fsp3) is 0.333. The third kappa shape index (κ3) is 5.65. The number of hydrogen-bond acceptors (Lipinski definition) is 5. The Bertz CT molecular complexity index is 999. The van der Waals surface area contributed by atoms with Crippen LogP contribution >= 0.6 is 0 Å². The normalized spacial score (nSPS) is 11.3. The maximum Gasteiger partial charge on any atom is 0.243 e. The quantitative estimate of drug-likeness (QED) is 0.611. The van der Waals surface area contributed by atoms with Gasteiger partial charge in [0.25, 0.3) is 0 Å². The largest absolute Gasteiger partial charge is 0.376 e. The minimum Gasteiger partial charge on any atom is -0.376 e. The van der Waals surface area contributed by atoms with E-state index in [1.54, 1.807) is 57.2 Å². The number of amides is 1. The first kappa shape index (κ1) is 22.6. The van der Waals surface area contributed by atoms with Crippen molar-refractivity contribution in [1.29, 1.82) is 0 Å². The van der Waals surface area contributed by atoms with Crippen LogP contribution in [0.25, 0.3) is 0 Å². The highest BCUT2D eigenvalue weighted by Gasteiger charge is 2.22. The van der Waals surface area contributed by atoms with E-state index in [0.29, 0.717) is 30.0 Å². The Morgan fingerprint density at radius 3 is 2.34 bits per heavy atom. The van der Waals surface area contributed by atoms with E-state index >= 15 is 0 Å². The van der Waals surface area contributed by atoms with Crippen LogP contribution in [0.3, 0.4) is 0 Å². The van der Waals surface area contributed by atoms with E-state index in [4.69, 9.17) is 0 Å². The molecule has 0 aliphatic rings. The Hall–Kier alpha value is -2.71. The summed E-state index contributed by atoms with van der Waals surface area (Å²) >= 11 is 0. The molecule has 2 aromatic rings. The molecule has 2 rings (SSSR count). The number of aryl methyl sites for hydroxylation is 1. The van der Waals surface area contributed by atoms with Gasteiger partial charge in [-0.15, -0.1) is 0 Å². The van der Waals surface area contributed by atoms with E-state index in [9.17, 15) is 18.0 Å². The van der Waals surface area contributed by atoms with Crippen molar-refractivity contribution in [3.63, 3.8) is 0 Å². The predicted octanol–water partition coefficient (Wildman–Crippen LogP) is 3.28. The van der Waals surface area contributed by atoms with Gasteiger partial charge in [-0.1, -0.05) is 32.0 Å². The summed E-state index contributed by atoms with van der Waals surface area (Å²) in [7, 11) is -3.61. The van der Waals surface area contributed by atoms with Crippen LogP contribution in [0.1, 0.15) is 36.7 Å². The first-order valence-corrected chi connectivity index (χ1v) is 10.9. The van der Waals surface area contributed by atoms with Crippen LogP contribution in [-0.2, 0) is 14.8 Å². The number of hydrogen-bond donors (Lipinski definition) is 2. The lowest BCUT2D eigenvalue weighted by Crippen LogP contribution is -2.30. The van der Waals surface area contributed by atoms with Crippen LogP contribution in [0, 0.1) is 6.92 Å². The average Bonchev–Trinajstić information content (AvgIpc) is 2.69. The van der Waals surface area contributed by atoms with Gasteiger partial charge in [-0.2, -0.15) is 4.31 Å². The van der Waals surface area contributed by atoms with E-state index in [-0.39, 0.29) is 23.1 Å². The minimum atomic E-state index is -3.61. The number of sulfonamides is 1. The number of nitrogens with one attached hydrogen (secondary N) is 2. The third-order valence-electron chi connectivity index (χ3n) is 4.55. The van der Waals surface area contributed by atoms with Crippen molar-refractivity contribution in [2.75, 3.05) is 30.3 Å². The molecule has 0 saturated heterocycles. The standard InChI is InChI=1S/C21H27N3O4S/c1-5-24(6-2)29(27,28)19-11-10-15(3)20(13-19)23-21(26)14-22-18-9-7-8-17(12-18)16(4)25/h7-13,22H,5-6,14H2,1-4H3,(H,23,26). The maximum absolute atomic E-state index is 12.7. The minimum absolute atomic E-state index is 0.0200. The van der Waals surface area contributed by atoms with Crippen molar-refractivity contribution in [1.82, 2.24) is 4.31 Å². The summed E-state index contributed by atoms with van der Waals surface area (Å²) in [5.41, 5.74) is 2.42. The van der Waals surface area contributed by atoms with E-state index < -0.39 is 10.0 Å². The Morgan fingerprint density at radius 1 is 1.03 bits per heavy atom. The maximum atomic E-state index is 12.7. The lowest BCUT2D eigenvalue weighted by molar-refractivity contribution is -0.114. The molecule has 0 heterocycles. The zero-order chi connectivity index (χ0) is 21.6.